The van der Waals surface area contributed by atoms with Gasteiger partial charge in [-0.2, -0.15) is 0 Å². The largest absolute Gasteiger partial charge is 0.348 e. The van der Waals surface area contributed by atoms with Crippen molar-refractivity contribution in [2.45, 2.75) is 38.5 Å². The highest BCUT2D eigenvalue weighted by Crippen LogP contribution is 2.40. The van der Waals surface area contributed by atoms with E-state index in [0.717, 1.165) is 37.9 Å². The number of rotatable bonds is 5. The summed E-state index contributed by atoms with van der Waals surface area (Å²) in [5.41, 5.74) is 1.86. The smallest absolute Gasteiger partial charge is 0.226 e. The summed E-state index contributed by atoms with van der Waals surface area (Å²) < 4.78 is 13.4. The Morgan fingerprint density at radius 1 is 1.24 bits per heavy atom. The second-order valence-corrected chi connectivity index (χ2v) is 8.33. The molecule has 2 amide bonds. The van der Waals surface area contributed by atoms with Crippen molar-refractivity contribution in [1.82, 2.24) is 19.8 Å². The molecule has 2 fully saturated rings. The molecule has 1 aromatic carbocycles. The Bertz CT molecular complexity index is 859. The molecule has 7 heteroatoms. The number of amides is 2. The third-order valence-electron chi connectivity index (χ3n) is 6.38. The van der Waals surface area contributed by atoms with Crippen LogP contribution in [0, 0.1) is 11.2 Å². The Labute approximate surface area is 170 Å². The van der Waals surface area contributed by atoms with Crippen LogP contribution < -0.4 is 0 Å². The first-order valence-electron chi connectivity index (χ1n) is 10.3. The van der Waals surface area contributed by atoms with Gasteiger partial charge in [0.1, 0.15) is 5.82 Å². The maximum absolute atomic E-state index is 13.4. The van der Waals surface area contributed by atoms with Gasteiger partial charge in [0.05, 0.1) is 12.7 Å². The molecule has 2 saturated heterocycles. The van der Waals surface area contributed by atoms with Crippen LogP contribution in [-0.4, -0.2) is 57.8 Å². The molecular weight excluding hydrogens is 371 g/mol. The molecule has 0 saturated carbocycles. The highest BCUT2D eigenvalue weighted by atomic mass is 19.1. The average molecular weight is 398 g/mol. The van der Waals surface area contributed by atoms with Gasteiger partial charge in [0.2, 0.25) is 11.8 Å². The Kier molecular flexibility index (Phi) is 5.65. The highest BCUT2D eigenvalue weighted by molar-refractivity contribution is 5.79. The molecule has 154 valence electrons. The zero-order valence-corrected chi connectivity index (χ0v) is 16.6. The van der Waals surface area contributed by atoms with Crippen molar-refractivity contribution >= 4 is 11.8 Å². The molecule has 29 heavy (non-hydrogen) atoms. The van der Waals surface area contributed by atoms with Crippen molar-refractivity contribution in [3.63, 3.8) is 0 Å². The van der Waals surface area contributed by atoms with E-state index in [-0.39, 0.29) is 29.5 Å². The van der Waals surface area contributed by atoms with Gasteiger partial charge in [0, 0.05) is 50.9 Å². The first-order valence-corrected chi connectivity index (χ1v) is 10.3. The lowest BCUT2D eigenvalue weighted by Gasteiger charge is -2.47. The van der Waals surface area contributed by atoms with Crippen molar-refractivity contribution in [2.24, 2.45) is 5.41 Å². The molecule has 0 aliphatic carbocycles. The van der Waals surface area contributed by atoms with E-state index in [2.05, 4.69) is 9.97 Å². The molecule has 3 heterocycles. The van der Waals surface area contributed by atoms with Gasteiger partial charge >= 0.3 is 0 Å². The van der Waals surface area contributed by atoms with Crippen molar-refractivity contribution in [2.75, 3.05) is 26.2 Å². The molecule has 1 aromatic heterocycles. The van der Waals surface area contributed by atoms with E-state index in [4.69, 9.17) is 0 Å². The van der Waals surface area contributed by atoms with Gasteiger partial charge in [-0.3, -0.25) is 9.59 Å². The van der Waals surface area contributed by atoms with Gasteiger partial charge < -0.3 is 14.8 Å². The van der Waals surface area contributed by atoms with Crippen LogP contribution >= 0.6 is 0 Å². The lowest BCUT2D eigenvalue weighted by Crippen LogP contribution is -2.52. The molecule has 2 aromatic rings. The highest BCUT2D eigenvalue weighted by Gasteiger charge is 2.41. The summed E-state index contributed by atoms with van der Waals surface area (Å²) >= 11 is 0. The fraction of sp³-hybridized carbons (Fsp3) is 0.500. The summed E-state index contributed by atoms with van der Waals surface area (Å²) in [6, 6.07) is 6.24. The number of nitrogens with one attached hydrogen (secondary N) is 1. The van der Waals surface area contributed by atoms with E-state index in [1.807, 2.05) is 9.80 Å². The average Bonchev–Trinajstić information content (AvgIpc) is 3.23. The van der Waals surface area contributed by atoms with Crippen molar-refractivity contribution < 1.29 is 14.0 Å². The first-order chi connectivity index (χ1) is 14.0. The number of halogens is 1. The Morgan fingerprint density at radius 3 is 2.79 bits per heavy atom. The monoisotopic (exact) mass is 398 g/mol. The number of aromatic amines is 1. The lowest BCUT2D eigenvalue weighted by atomic mass is 9.72. The summed E-state index contributed by atoms with van der Waals surface area (Å²) in [7, 11) is 0. The quantitative estimate of drug-likeness (QED) is 0.842. The third-order valence-corrected chi connectivity index (χ3v) is 6.38. The zero-order chi connectivity index (χ0) is 20.3. The number of hydrogen-bond acceptors (Lipinski definition) is 3. The van der Waals surface area contributed by atoms with Crippen LogP contribution in [0.25, 0.3) is 0 Å². The number of benzene rings is 1. The maximum Gasteiger partial charge on any atom is 0.226 e. The van der Waals surface area contributed by atoms with Crippen LogP contribution in [0.4, 0.5) is 4.39 Å². The van der Waals surface area contributed by atoms with E-state index in [1.165, 1.54) is 12.1 Å². The first kappa shape index (κ1) is 19.6. The van der Waals surface area contributed by atoms with Crippen LogP contribution in [0.3, 0.4) is 0 Å². The zero-order valence-electron chi connectivity index (χ0n) is 16.6. The number of nitrogens with zero attached hydrogens (tertiary/aromatic N) is 3. The van der Waals surface area contributed by atoms with E-state index in [0.29, 0.717) is 31.6 Å². The Hall–Kier alpha value is -2.70. The number of aromatic nitrogens is 2. The number of piperidine rings is 2. The van der Waals surface area contributed by atoms with Gasteiger partial charge in [-0.05, 0) is 42.4 Å². The Balaban J connectivity index is 1.31. The van der Waals surface area contributed by atoms with E-state index in [9.17, 15) is 14.0 Å². The summed E-state index contributed by atoms with van der Waals surface area (Å²) in [5.74, 6) is -0.0387. The van der Waals surface area contributed by atoms with Crippen LogP contribution in [0.1, 0.15) is 36.9 Å². The predicted molar refractivity (Wildman–Crippen MR) is 106 cm³/mol. The maximum atomic E-state index is 13.4. The molecule has 6 nitrogen and oxygen atoms in total. The summed E-state index contributed by atoms with van der Waals surface area (Å²) in [4.78, 5) is 36.0. The molecule has 1 spiro atoms. The minimum Gasteiger partial charge on any atom is -0.348 e. The van der Waals surface area contributed by atoms with Crippen LogP contribution in [0.5, 0.6) is 0 Å². The van der Waals surface area contributed by atoms with Crippen LogP contribution in [-0.2, 0) is 22.4 Å². The second-order valence-electron chi connectivity index (χ2n) is 8.33. The van der Waals surface area contributed by atoms with Gasteiger partial charge in [0.25, 0.3) is 0 Å². The third kappa shape index (κ3) is 4.66. The molecule has 0 radical (unpaired) electrons. The fourth-order valence-corrected chi connectivity index (χ4v) is 4.55. The summed E-state index contributed by atoms with van der Waals surface area (Å²) in [5, 5.41) is 0. The molecule has 4 rings (SSSR count). The van der Waals surface area contributed by atoms with Crippen molar-refractivity contribution in [3.05, 3.63) is 53.9 Å². The number of imidazole rings is 1. The minimum atomic E-state index is -0.310. The number of carbonyl (C=O) groups is 2. The topological polar surface area (TPSA) is 69.3 Å². The van der Waals surface area contributed by atoms with Gasteiger partial charge in [-0.15, -0.1) is 0 Å². The lowest BCUT2D eigenvalue weighted by molar-refractivity contribution is -0.142. The van der Waals surface area contributed by atoms with E-state index >= 15 is 0 Å². The molecule has 1 N–H and O–H groups in total. The molecular formula is C22H27FN4O2. The van der Waals surface area contributed by atoms with Gasteiger partial charge in [0.15, 0.2) is 0 Å². The molecule has 0 unspecified atom stereocenters. The number of likely N-dealkylation sites (tertiary alicyclic amines) is 2. The second kappa shape index (κ2) is 8.35. The normalized spacial score (nSPS) is 19.0. The van der Waals surface area contributed by atoms with E-state index < -0.39 is 0 Å². The molecule has 2 aliphatic rings. The van der Waals surface area contributed by atoms with E-state index in [1.54, 1.807) is 24.7 Å². The Morgan fingerprint density at radius 2 is 2.07 bits per heavy atom. The van der Waals surface area contributed by atoms with Crippen molar-refractivity contribution in [1.29, 1.82) is 0 Å². The summed E-state index contributed by atoms with van der Waals surface area (Å²) in [6.07, 6.45) is 7.78. The van der Waals surface area contributed by atoms with Gasteiger partial charge in [-0.1, -0.05) is 12.1 Å². The molecule has 0 atom stereocenters. The standard InChI is InChI=1S/C22H27FN4O2/c23-18-3-1-2-17(12-18)13-21(29)26-10-7-22(8-11-26)6-4-20(28)27(15-22)9-5-19-14-24-16-25-19/h1-3,12,14,16H,4-11,13,15H2,(H,24,25). The number of carbonyl (C=O) groups excluding carboxylic acids is 2. The SMILES string of the molecule is O=C(Cc1cccc(F)c1)N1CCC2(CCC(=O)N(CCc3cnc[nH]3)C2)CC1. The molecule has 0 bridgehead atoms. The molecule has 2 aliphatic heterocycles. The number of hydrogen-bond donors (Lipinski definition) is 1. The fourth-order valence-electron chi connectivity index (χ4n) is 4.55. The summed E-state index contributed by atoms with van der Waals surface area (Å²) in [6.45, 7) is 2.88. The minimum absolute atomic E-state index is 0.0495. The van der Waals surface area contributed by atoms with Crippen molar-refractivity contribution in [3.8, 4) is 0 Å². The van der Waals surface area contributed by atoms with Crippen LogP contribution in [0.2, 0.25) is 0 Å². The van der Waals surface area contributed by atoms with Crippen LogP contribution in [0.15, 0.2) is 36.8 Å². The van der Waals surface area contributed by atoms with Gasteiger partial charge in [-0.25, -0.2) is 9.37 Å². The number of H-pyrrole nitrogens is 1. The predicted octanol–water partition coefficient (Wildman–Crippen LogP) is 2.57.